The molecule has 0 saturated carbocycles. The molecule has 0 spiro atoms. The first kappa shape index (κ1) is 12.3. The van der Waals surface area contributed by atoms with Gasteiger partial charge in [-0.25, -0.2) is 0 Å². The zero-order valence-corrected chi connectivity index (χ0v) is 11.7. The Labute approximate surface area is 123 Å². The Hall–Kier alpha value is -2.42. The average Bonchev–Trinajstić information content (AvgIpc) is 3.00. The van der Waals surface area contributed by atoms with Gasteiger partial charge in [0, 0.05) is 28.6 Å². The van der Waals surface area contributed by atoms with Crippen LogP contribution in [-0.4, -0.2) is 18.2 Å². The third kappa shape index (κ3) is 2.35. The van der Waals surface area contributed by atoms with Crippen LogP contribution in [0.3, 0.4) is 0 Å². The molecule has 3 aromatic rings. The fourth-order valence-corrected chi connectivity index (χ4v) is 2.91. The fraction of sp³-hybridized carbons (Fsp3) is 0.222. The van der Waals surface area contributed by atoms with E-state index in [1.165, 1.54) is 10.9 Å². The van der Waals surface area contributed by atoms with Crippen LogP contribution in [0.1, 0.15) is 17.9 Å². The summed E-state index contributed by atoms with van der Waals surface area (Å²) in [5.74, 6) is 2.32. The maximum atomic E-state index is 6.01. The lowest BCUT2D eigenvalue weighted by molar-refractivity contribution is 0.217. The second-order valence-electron chi connectivity index (χ2n) is 5.41. The van der Waals surface area contributed by atoms with Gasteiger partial charge in [-0.2, -0.15) is 0 Å². The van der Waals surface area contributed by atoms with E-state index in [9.17, 15) is 0 Å². The summed E-state index contributed by atoms with van der Waals surface area (Å²) in [7, 11) is 0. The van der Waals surface area contributed by atoms with E-state index in [4.69, 9.17) is 9.47 Å². The Kier molecular flexibility index (Phi) is 3.03. The molecule has 0 bridgehead atoms. The molecule has 3 heteroatoms. The first-order valence-corrected chi connectivity index (χ1v) is 7.32. The van der Waals surface area contributed by atoms with E-state index < -0.39 is 0 Å². The van der Waals surface area contributed by atoms with Crippen LogP contribution < -0.4 is 9.47 Å². The average molecular weight is 279 g/mol. The monoisotopic (exact) mass is 279 g/mol. The van der Waals surface area contributed by atoms with Gasteiger partial charge in [-0.3, -0.25) is 0 Å². The van der Waals surface area contributed by atoms with E-state index in [0.29, 0.717) is 12.5 Å². The molecule has 1 aromatic heterocycles. The van der Waals surface area contributed by atoms with Crippen molar-refractivity contribution in [1.29, 1.82) is 0 Å². The van der Waals surface area contributed by atoms with E-state index in [0.717, 1.165) is 30.0 Å². The number of H-pyrrole nitrogens is 1. The van der Waals surface area contributed by atoms with Crippen LogP contribution in [0.2, 0.25) is 0 Å². The van der Waals surface area contributed by atoms with Crippen molar-refractivity contribution in [3.63, 3.8) is 0 Å². The zero-order valence-electron chi connectivity index (χ0n) is 11.7. The third-order valence-electron chi connectivity index (χ3n) is 4.06. The molecule has 2 heterocycles. The molecule has 0 fully saturated rings. The number of nitrogens with one attached hydrogen (secondary N) is 1. The minimum atomic E-state index is 0.400. The van der Waals surface area contributed by atoms with Crippen molar-refractivity contribution in [2.75, 3.05) is 13.2 Å². The molecule has 2 aromatic carbocycles. The second-order valence-corrected chi connectivity index (χ2v) is 5.41. The van der Waals surface area contributed by atoms with Gasteiger partial charge in [-0.05, 0) is 36.8 Å². The second kappa shape index (κ2) is 5.17. The maximum Gasteiger partial charge on any atom is 0.122 e. The topological polar surface area (TPSA) is 34.2 Å². The van der Waals surface area contributed by atoms with Gasteiger partial charge in [0.2, 0.25) is 0 Å². The molecule has 21 heavy (non-hydrogen) atoms. The van der Waals surface area contributed by atoms with Crippen LogP contribution in [0.15, 0.2) is 54.7 Å². The van der Waals surface area contributed by atoms with E-state index in [2.05, 4.69) is 35.3 Å². The smallest absolute Gasteiger partial charge is 0.122 e. The summed E-state index contributed by atoms with van der Waals surface area (Å²) in [5.41, 5.74) is 2.39. The van der Waals surface area contributed by atoms with Gasteiger partial charge in [0.05, 0.1) is 13.2 Å². The highest BCUT2D eigenvalue weighted by Crippen LogP contribution is 2.33. The quantitative estimate of drug-likeness (QED) is 0.782. The summed E-state index contributed by atoms with van der Waals surface area (Å²) >= 11 is 0. The summed E-state index contributed by atoms with van der Waals surface area (Å²) < 4.78 is 11.7. The highest BCUT2D eigenvalue weighted by atomic mass is 16.5. The van der Waals surface area contributed by atoms with Crippen molar-refractivity contribution < 1.29 is 9.47 Å². The van der Waals surface area contributed by atoms with Gasteiger partial charge >= 0.3 is 0 Å². The minimum absolute atomic E-state index is 0.400. The molecule has 106 valence electrons. The molecular formula is C18H17NO2. The van der Waals surface area contributed by atoms with Gasteiger partial charge in [0.15, 0.2) is 0 Å². The Morgan fingerprint density at radius 3 is 3.10 bits per heavy atom. The Morgan fingerprint density at radius 2 is 2.10 bits per heavy atom. The predicted molar refractivity (Wildman–Crippen MR) is 83.1 cm³/mol. The lowest BCUT2D eigenvalue weighted by Crippen LogP contribution is -2.19. The molecule has 0 radical (unpaired) electrons. The lowest BCUT2D eigenvalue weighted by Gasteiger charge is -2.25. The third-order valence-corrected chi connectivity index (χ3v) is 4.06. The van der Waals surface area contributed by atoms with Crippen molar-refractivity contribution in [2.24, 2.45) is 0 Å². The number of rotatable bonds is 3. The van der Waals surface area contributed by atoms with E-state index >= 15 is 0 Å². The largest absolute Gasteiger partial charge is 0.493 e. The highest BCUT2D eigenvalue weighted by Gasteiger charge is 2.21. The molecule has 0 amide bonds. The summed E-state index contributed by atoms with van der Waals surface area (Å²) in [5, 5.41) is 1.18. The van der Waals surface area contributed by atoms with Crippen LogP contribution in [0, 0.1) is 0 Å². The van der Waals surface area contributed by atoms with Crippen LogP contribution in [0.4, 0.5) is 0 Å². The standard InChI is InChI=1S/C18H17NO2/c1-2-4-18-16(3-1)14(8-10-20-18)12-21-15-5-6-17-13(11-15)7-9-19-17/h1-7,9,11,14,19H,8,10,12H2. The molecule has 1 N–H and O–H groups in total. The zero-order chi connectivity index (χ0) is 14.1. The normalized spacial score (nSPS) is 17.2. The molecule has 1 aliphatic rings. The summed E-state index contributed by atoms with van der Waals surface area (Å²) in [6, 6.07) is 16.5. The molecule has 1 unspecified atom stereocenters. The van der Waals surface area contributed by atoms with Gasteiger partial charge in [-0.1, -0.05) is 18.2 Å². The SMILES string of the molecule is c1ccc2c(c1)OCCC2COc1ccc2[nH]ccc2c1. The predicted octanol–water partition coefficient (Wildman–Crippen LogP) is 4.11. The van der Waals surface area contributed by atoms with E-state index in [-0.39, 0.29) is 0 Å². The first-order chi connectivity index (χ1) is 10.4. The van der Waals surface area contributed by atoms with Gasteiger partial charge in [0.25, 0.3) is 0 Å². The van der Waals surface area contributed by atoms with Crippen LogP contribution in [0.5, 0.6) is 11.5 Å². The number of hydrogen-bond acceptors (Lipinski definition) is 2. The Bertz CT molecular complexity index is 763. The Balaban J connectivity index is 1.52. The number of ether oxygens (including phenoxy) is 2. The van der Waals surface area contributed by atoms with Gasteiger partial charge in [-0.15, -0.1) is 0 Å². The highest BCUT2D eigenvalue weighted by molar-refractivity contribution is 5.80. The van der Waals surface area contributed by atoms with E-state index in [1.54, 1.807) is 0 Å². The van der Waals surface area contributed by atoms with Crippen molar-refractivity contribution in [3.05, 3.63) is 60.3 Å². The van der Waals surface area contributed by atoms with Crippen LogP contribution in [0.25, 0.3) is 10.9 Å². The summed E-state index contributed by atoms with van der Waals surface area (Å²) in [4.78, 5) is 3.19. The minimum Gasteiger partial charge on any atom is -0.493 e. The lowest BCUT2D eigenvalue weighted by atomic mass is 9.94. The number of hydrogen-bond donors (Lipinski definition) is 1. The number of benzene rings is 2. The van der Waals surface area contributed by atoms with Crippen LogP contribution >= 0.6 is 0 Å². The first-order valence-electron chi connectivity index (χ1n) is 7.32. The summed E-state index contributed by atoms with van der Waals surface area (Å²) in [6.45, 7) is 1.46. The maximum absolute atomic E-state index is 6.01. The van der Waals surface area contributed by atoms with Crippen molar-refractivity contribution in [1.82, 2.24) is 4.98 Å². The number of para-hydroxylation sites is 1. The number of fused-ring (bicyclic) bond motifs is 2. The van der Waals surface area contributed by atoms with Gasteiger partial charge < -0.3 is 14.5 Å². The molecule has 3 nitrogen and oxygen atoms in total. The molecular weight excluding hydrogens is 262 g/mol. The van der Waals surface area contributed by atoms with Gasteiger partial charge in [0.1, 0.15) is 11.5 Å². The molecule has 4 rings (SSSR count). The van der Waals surface area contributed by atoms with Crippen LogP contribution in [-0.2, 0) is 0 Å². The van der Waals surface area contributed by atoms with Crippen molar-refractivity contribution in [2.45, 2.75) is 12.3 Å². The van der Waals surface area contributed by atoms with E-state index in [1.807, 2.05) is 24.4 Å². The molecule has 1 atom stereocenters. The van der Waals surface area contributed by atoms with Crippen molar-refractivity contribution in [3.8, 4) is 11.5 Å². The number of aromatic amines is 1. The molecule has 1 aliphatic heterocycles. The van der Waals surface area contributed by atoms with Crippen molar-refractivity contribution >= 4 is 10.9 Å². The Morgan fingerprint density at radius 1 is 1.14 bits per heavy atom. The molecule has 0 aliphatic carbocycles. The summed E-state index contributed by atoms with van der Waals surface area (Å²) in [6.07, 6.45) is 2.95. The number of aromatic nitrogens is 1. The fourth-order valence-electron chi connectivity index (χ4n) is 2.91. The molecule has 0 saturated heterocycles.